The Kier molecular flexibility index (Phi) is 5.98. The molecule has 0 saturated heterocycles. The largest absolute Gasteiger partial charge is 0.497 e. The first kappa shape index (κ1) is 20.3. The molecular weight excluding hydrogens is 387 g/mol. The van der Waals surface area contributed by atoms with Crippen molar-refractivity contribution >= 4 is 11.8 Å². The normalized spacial score (nSPS) is 11.8. The van der Waals surface area contributed by atoms with Gasteiger partial charge < -0.3 is 4.74 Å². The molecule has 28 heavy (non-hydrogen) atoms. The van der Waals surface area contributed by atoms with Gasteiger partial charge in [0.2, 0.25) is 0 Å². The van der Waals surface area contributed by atoms with Crippen LogP contribution >= 0.6 is 11.8 Å². The number of hydrogen-bond donors (Lipinski definition) is 0. The van der Waals surface area contributed by atoms with Crippen LogP contribution in [0.5, 0.6) is 5.75 Å². The van der Waals surface area contributed by atoms with E-state index in [1.807, 2.05) is 12.1 Å². The van der Waals surface area contributed by atoms with E-state index < -0.39 is 11.7 Å². The van der Waals surface area contributed by atoms with Crippen LogP contribution in [0.3, 0.4) is 0 Å². The van der Waals surface area contributed by atoms with Crippen molar-refractivity contribution < 1.29 is 17.9 Å². The molecule has 4 nitrogen and oxygen atoms in total. The summed E-state index contributed by atoms with van der Waals surface area (Å²) < 4.78 is 46.5. The van der Waals surface area contributed by atoms with Gasteiger partial charge in [0.25, 0.3) is 0 Å². The Balaban J connectivity index is 2.11. The first-order chi connectivity index (χ1) is 13.3. The van der Waals surface area contributed by atoms with E-state index in [1.165, 1.54) is 17.8 Å². The van der Waals surface area contributed by atoms with Gasteiger partial charge in [0.05, 0.1) is 18.4 Å². The highest BCUT2D eigenvalue weighted by Gasteiger charge is 2.31. The van der Waals surface area contributed by atoms with E-state index in [-0.39, 0.29) is 0 Å². The number of thioether (sulfide) groups is 1. The Morgan fingerprint density at radius 3 is 2.39 bits per heavy atom. The van der Waals surface area contributed by atoms with E-state index in [0.29, 0.717) is 28.3 Å². The summed E-state index contributed by atoms with van der Waals surface area (Å²) in [6, 6.07) is 12.4. The first-order valence-electron chi connectivity index (χ1n) is 8.70. The lowest BCUT2D eigenvalue weighted by molar-refractivity contribution is -0.137. The van der Waals surface area contributed by atoms with E-state index in [2.05, 4.69) is 24.0 Å². The van der Waals surface area contributed by atoms with Crippen LogP contribution in [0.1, 0.15) is 19.4 Å². The highest BCUT2D eigenvalue weighted by atomic mass is 32.2. The zero-order valence-corrected chi connectivity index (χ0v) is 16.5. The molecule has 0 bridgehead atoms. The molecule has 148 valence electrons. The summed E-state index contributed by atoms with van der Waals surface area (Å²) in [5.74, 6) is 2.34. The molecule has 0 spiro atoms. The molecule has 0 atom stereocenters. The van der Waals surface area contributed by atoms with Crippen molar-refractivity contribution in [3.05, 3.63) is 54.1 Å². The fourth-order valence-electron chi connectivity index (χ4n) is 2.59. The summed E-state index contributed by atoms with van der Waals surface area (Å²) in [6.07, 6.45) is -4.42. The van der Waals surface area contributed by atoms with Gasteiger partial charge in [-0.2, -0.15) is 13.2 Å². The van der Waals surface area contributed by atoms with Gasteiger partial charge in [-0.15, -0.1) is 10.2 Å². The lowest BCUT2D eigenvalue weighted by Crippen LogP contribution is -2.07. The second-order valence-electron chi connectivity index (χ2n) is 6.62. The van der Waals surface area contributed by atoms with Gasteiger partial charge >= 0.3 is 6.18 Å². The molecule has 0 amide bonds. The second kappa shape index (κ2) is 8.26. The van der Waals surface area contributed by atoms with Crippen LogP contribution in [0.25, 0.3) is 17.1 Å². The Morgan fingerprint density at radius 2 is 1.79 bits per heavy atom. The van der Waals surface area contributed by atoms with Crippen molar-refractivity contribution in [2.45, 2.75) is 25.2 Å². The maximum absolute atomic E-state index is 13.2. The molecule has 0 N–H and O–H groups in total. The number of rotatable bonds is 6. The zero-order valence-electron chi connectivity index (χ0n) is 15.7. The summed E-state index contributed by atoms with van der Waals surface area (Å²) in [5, 5.41) is 9.05. The maximum atomic E-state index is 13.2. The fraction of sp³-hybridized carbons (Fsp3) is 0.300. The van der Waals surface area contributed by atoms with Crippen LogP contribution in [-0.4, -0.2) is 27.6 Å². The first-order valence-corrected chi connectivity index (χ1v) is 9.68. The van der Waals surface area contributed by atoms with Crippen molar-refractivity contribution in [2.75, 3.05) is 12.9 Å². The minimum absolute atomic E-state index is 0.372. The van der Waals surface area contributed by atoms with Crippen LogP contribution < -0.4 is 4.74 Å². The molecule has 3 rings (SSSR count). The lowest BCUT2D eigenvalue weighted by Gasteiger charge is -2.14. The van der Waals surface area contributed by atoms with E-state index in [1.54, 1.807) is 29.9 Å². The van der Waals surface area contributed by atoms with E-state index in [9.17, 15) is 13.2 Å². The monoisotopic (exact) mass is 407 g/mol. The number of nitrogens with zero attached hydrogens (tertiary/aromatic N) is 3. The Labute approximate surface area is 165 Å². The summed E-state index contributed by atoms with van der Waals surface area (Å²) in [5.41, 5.74) is 0.401. The molecule has 1 aromatic heterocycles. The quantitative estimate of drug-likeness (QED) is 0.491. The highest BCUT2D eigenvalue weighted by molar-refractivity contribution is 7.99. The van der Waals surface area contributed by atoms with Crippen molar-refractivity contribution in [1.29, 1.82) is 0 Å². The third-order valence-electron chi connectivity index (χ3n) is 3.96. The van der Waals surface area contributed by atoms with E-state index in [4.69, 9.17) is 4.74 Å². The number of alkyl halides is 3. The SMILES string of the molecule is COc1ccc(-c2nnc(SCC(C)C)n2-c2cccc(C(F)(F)F)c2)cc1. The topological polar surface area (TPSA) is 39.9 Å². The standard InChI is InChI=1S/C20H20F3N3OS/c1-13(2)12-28-19-25-24-18(14-7-9-17(27-3)10-8-14)26(19)16-6-4-5-15(11-16)20(21,22)23/h4-11,13H,12H2,1-3H3. The van der Waals surface area contributed by atoms with Crippen molar-refractivity contribution in [1.82, 2.24) is 14.8 Å². The smallest absolute Gasteiger partial charge is 0.416 e. The van der Waals surface area contributed by atoms with Gasteiger partial charge in [-0.25, -0.2) is 0 Å². The van der Waals surface area contributed by atoms with Crippen LogP contribution in [0.2, 0.25) is 0 Å². The number of hydrogen-bond acceptors (Lipinski definition) is 4. The molecule has 3 aromatic rings. The highest BCUT2D eigenvalue weighted by Crippen LogP contribution is 2.34. The molecular formula is C20H20F3N3OS. The molecule has 0 unspecified atom stereocenters. The molecule has 0 radical (unpaired) electrons. The van der Waals surface area contributed by atoms with Crippen molar-refractivity contribution in [3.8, 4) is 22.8 Å². The molecule has 2 aromatic carbocycles. The van der Waals surface area contributed by atoms with Gasteiger partial charge in [-0.05, 0) is 48.4 Å². The molecule has 0 saturated carbocycles. The lowest BCUT2D eigenvalue weighted by atomic mass is 10.1. The molecule has 0 aliphatic heterocycles. The Bertz CT molecular complexity index is 937. The van der Waals surface area contributed by atoms with E-state index in [0.717, 1.165) is 23.4 Å². The number of benzene rings is 2. The maximum Gasteiger partial charge on any atom is 0.416 e. The number of ether oxygens (including phenoxy) is 1. The summed E-state index contributed by atoms with van der Waals surface area (Å²) in [6.45, 7) is 4.14. The number of halogens is 3. The van der Waals surface area contributed by atoms with Gasteiger partial charge in [-0.1, -0.05) is 31.7 Å². The Morgan fingerprint density at radius 1 is 1.07 bits per heavy atom. The summed E-state index contributed by atoms with van der Waals surface area (Å²) >= 11 is 1.47. The molecule has 8 heteroatoms. The van der Waals surface area contributed by atoms with Crippen LogP contribution in [0.15, 0.2) is 53.7 Å². The van der Waals surface area contributed by atoms with Gasteiger partial charge in [0.15, 0.2) is 11.0 Å². The minimum Gasteiger partial charge on any atom is -0.497 e. The van der Waals surface area contributed by atoms with Gasteiger partial charge in [-0.3, -0.25) is 4.57 Å². The minimum atomic E-state index is -4.42. The predicted octanol–water partition coefficient (Wildman–Crippen LogP) is 5.71. The van der Waals surface area contributed by atoms with Crippen LogP contribution in [0, 0.1) is 5.92 Å². The average Bonchev–Trinajstić information content (AvgIpc) is 3.10. The third kappa shape index (κ3) is 4.49. The average molecular weight is 407 g/mol. The van der Waals surface area contributed by atoms with Crippen molar-refractivity contribution in [2.24, 2.45) is 5.92 Å². The van der Waals surface area contributed by atoms with E-state index >= 15 is 0 Å². The third-order valence-corrected chi connectivity index (χ3v) is 5.31. The second-order valence-corrected chi connectivity index (χ2v) is 7.61. The Hall–Kier alpha value is -2.48. The fourth-order valence-corrected chi connectivity index (χ4v) is 3.49. The zero-order chi connectivity index (χ0) is 20.3. The molecule has 1 heterocycles. The molecule has 0 fully saturated rings. The molecule has 0 aliphatic rings. The van der Waals surface area contributed by atoms with Crippen LogP contribution in [0.4, 0.5) is 13.2 Å². The predicted molar refractivity (Wildman–Crippen MR) is 104 cm³/mol. The number of aromatic nitrogens is 3. The summed E-state index contributed by atoms with van der Waals surface area (Å²) in [4.78, 5) is 0. The number of methoxy groups -OCH3 is 1. The van der Waals surface area contributed by atoms with Crippen molar-refractivity contribution in [3.63, 3.8) is 0 Å². The molecule has 0 aliphatic carbocycles. The summed E-state index contributed by atoms with van der Waals surface area (Å²) in [7, 11) is 1.57. The van der Waals surface area contributed by atoms with Gasteiger partial charge in [0.1, 0.15) is 5.75 Å². The van der Waals surface area contributed by atoms with Gasteiger partial charge in [0, 0.05) is 11.3 Å². The van der Waals surface area contributed by atoms with Crippen LogP contribution in [-0.2, 0) is 6.18 Å².